The van der Waals surface area contributed by atoms with Crippen molar-refractivity contribution in [3.05, 3.63) is 0 Å². The predicted molar refractivity (Wildman–Crippen MR) is 53.8 cm³/mol. The first-order valence-corrected chi connectivity index (χ1v) is 5.10. The van der Waals surface area contributed by atoms with Gasteiger partial charge in [-0.2, -0.15) is 0 Å². The molecule has 0 aromatic carbocycles. The Labute approximate surface area is 84.4 Å². The predicted octanol–water partition coefficient (Wildman–Crippen LogP) is -0.105. The van der Waals surface area contributed by atoms with E-state index in [1.54, 1.807) is 4.90 Å². The van der Waals surface area contributed by atoms with Crippen LogP contribution in [0.15, 0.2) is 0 Å². The minimum absolute atomic E-state index is 0.167. The molecule has 4 N–H and O–H groups in total. The lowest BCUT2D eigenvalue weighted by atomic mass is 10.2. The lowest BCUT2D eigenvalue weighted by molar-refractivity contribution is 0.0827. The van der Waals surface area contributed by atoms with E-state index >= 15 is 0 Å². The standard InChI is InChI=1S/C9H19N3O2/c10-4-2-5-12(9(11)13)7-8-3-1-6-14-8/h8H,1-7,10H2,(H2,11,13). The van der Waals surface area contributed by atoms with E-state index in [4.69, 9.17) is 16.2 Å². The van der Waals surface area contributed by atoms with E-state index in [0.717, 1.165) is 25.9 Å². The van der Waals surface area contributed by atoms with Gasteiger partial charge in [-0.1, -0.05) is 0 Å². The van der Waals surface area contributed by atoms with Crippen LogP contribution in [-0.4, -0.2) is 43.3 Å². The second-order valence-corrected chi connectivity index (χ2v) is 3.56. The lowest BCUT2D eigenvalue weighted by Gasteiger charge is -2.23. The quantitative estimate of drug-likeness (QED) is 0.651. The SMILES string of the molecule is NCCCN(CC1CCCO1)C(N)=O. The Bertz CT molecular complexity index is 181. The molecule has 0 aliphatic carbocycles. The number of rotatable bonds is 5. The van der Waals surface area contributed by atoms with Crippen LogP contribution in [0.25, 0.3) is 0 Å². The summed E-state index contributed by atoms with van der Waals surface area (Å²) in [6, 6.07) is -0.381. The number of ether oxygens (including phenoxy) is 1. The van der Waals surface area contributed by atoms with Crippen molar-refractivity contribution in [2.45, 2.75) is 25.4 Å². The van der Waals surface area contributed by atoms with Gasteiger partial charge < -0.3 is 21.1 Å². The van der Waals surface area contributed by atoms with Gasteiger partial charge in [-0.25, -0.2) is 4.79 Å². The fraction of sp³-hybridized carbons (Fsp3) is 0.889. The number of carbonyl (C=O) groups is 1. The van der Waals surface area contributed by atoms with Crippen molar-refractivity contribution in [3.8, 4) is 0 Å². The summed E-state index contributed by atoms with van der Waals surface area (Å²) in [7, 11) is 0. The molecule has 1 aliphatic heterocycles. The molecule has 1 rings (SSSR count). The van der Waals surface area contributed by atoms with Crippen LogP contribution in [0.1, 0.15) is 19.3 Å². The van der Waals surface area contributed by atoms with Crippen molar-refractivity contribution in [1.82, 2.24) is 4.90 Å². The molecule has 1 aliphatic rings. The summed E-state index contributed by atoms with van der Waals surface area (Å²) in [5, 5.41) is 0. The van der Waals surface area contributed by atoms with Crippen molar-refractivity contribution < 1.29 is 9.53 Å². The summed E-state index contributed by atoms with van der Waals surface area (Å²) in [6.07, 6.45) is 3.05. The van der Waals surface area contributed by atoms with E-state index in [1.165, 1.54) is 0 Å². The number of nitrogens with two attached hydrogens (primary N) is 2. The molecule has 1 heterocycles. The van der Waals surface area contributed by atoms with Crippen LogP contribution in [-0.2, 0) is 4.74 Å². The highest BCUT2D eigenvalue weighted by Gasteiger charge is 2.20. The first-order chi connectivity index (χ1) is 6.74. The first kappa shape index (κ1) is 11.3. The van der Waals surface area contributed by atoms with Gasteiger partial charge in [-0.05, 0) is 25.8 Å². The van der Waals surface area contributed by atoms with Gasteiger partial charge in [0.25, 0.3) is 0 Å². The number of nitrogens with zero attached hydrogens (tertiary/aromatic N) is 1. The molecule has 0 aromatic heterocycles. The number of hydrogen-bond acceptors (Lipinski definition) is 3. The van der Waals surface area contributed by atoms with Gasteiger partial charge in [0, 0.05) is 19.7 Å². The molecule has 82 valence electrons. The molecule has 1 unspecified atom stereocenters. The average Bonchev–Trinajstić information content (AvgIpc) is 2.64. The molecule has 1 fully saturated rings. The highest BCUT2D eigenvalue weighted by Crippen LogP contribution is 2.13. The summed E-state index contributed by atoms with van der Waals surface area (Å²) < 4.78 is 5.43. The molecule has 1 saturated heterocycles. The van der Waals surface area contributed by atoms with Crippen molar-refractivity contribution in [3.63, 3.8) is 0 Å². The summed E-state index contributed by atoms with van der Waals surface area (Å²) in [5.41, 5.74) is 10.6. The van der Waals surface area contributed by atoms with Gasteiger partial charge in [0.05, 0.1) is 6.10 Å². The zero-order chi connectivity index (χ0) is 10.4. The summed E-state index contributed by atoms with van der Waals surface area (Å²) >= 11 is 0. The third kappa shape index (κ3) is 3.51. The van der Waals surface area contributed by atoms with Gasteiger partial charge in [0.1, 0.15) is 0 Å². The molecular formula is C9H19N3O2. The molecule has 1 atom stereocenters. The molecule has 0 spiro atoms. The Morgan fingerprint density at radius 2 is 2.36 bits per heavy atom. The van der Waals surface area contributed by atoms with E-state index in [9.17, 15) is 4.79 Å². The molecule has 0 bridgehead atoms. The van der Waals surface area contributed by atoms with Crippen LogP contribution in [0, 0.1) is 0 Å². The van der Waals surface area contributed by atoms with Crippen LogP contribution >= 0.6 is 0 Å². The fourth-order valence-corrected chi connectivity index (χ4v) is 1.61. The number of urea groups is 1. The second kappa shape index (κ2) is 5.82. The number of primary amides is 1. The third-order valence-corrected chi connectivity index (χ3v) is 2.39. The lowest BCUT2D eigenvalue weighted by Crippen LogP contribution is -2.41. The topological polar surface area (TPSA) is 81.6 Å². The third-order valence-electron chi connectivity index (χ3n) is 2.39. The number of hydrogen-bond donors (Lipinski definition) is 2. The van der Waals surface area contributed by atoms with Crippen LogP contribution in [0.4, 0.5) is 4.79 Å². The molecule has 0 aromatic rings. The minimum Gasteiger partial charge on any atom is -0.376 e. The maximum atomic E-state index is 11.0. The van der Waals surface area contributed by atoms with Gasteiger partial charge >= 0.3 is 6.03 Å². The van der Waals surface area contributed by atoms with Crippen LogP contribution in [0.2, 0.25) is 0 Å². The van der Waals surface area contributed by atoms with Crippen molar-refractivity contribution >= 4 is 6.03 Å². The molecule has 2 amide bonds. The number of amides is 2. The van der Waals surface area contributed by atoms with Gasteiger partial charge in [0.2, 0.25) is 0 Å². The largest absolute Gasteiger partial charge is 0.376 e. The fourth-order valence-electron chi connectivity index (χ4n) is 1.61. The normalized spacial score (nSPS) is 21.1. The van der Waals surface area contributed by atoms with Crippen LogP contribution in [0.3, 0.4) is 0 Å². The van der Waals surface area contributed by atoms with Crippen molar-refractivity contribution in [2.75, 3.05) is 26.2 Å². The summed E-state index contributed by atoms with van der Waals surface area (Å²) in [6.45, 7) is 2.62. The van der Waals surface area contributed by atoms with E-state index in [2.05, 4.69) is 0 Å². The Hall–Kier alpha value is -0.810. The zero-order valence-electron chi connectivity index (χ0n) is 8.45. The molecule has 0 saturated carbocycles. The summed E-state index contributed by atoms with van der Waals surface area (Å²) in [5.74, 6) is 0. The molecule has 14 heavy (non-hydrogen) atoms. The van der Waals surface area contributed by atoms with Gasteiger partial charge in [-0.15, -0.1) is 0 Å². The minimum atomic E-state index is -0.381. The highest BCUT2D eigenvalue weighted by molar-refractivity contribution is 5.71. The van der Waals surface area contributed by atoms with Gasteiger partial charge in [-0.3, -0.25) is 0 Å². The smallest absolute Gasteiger partial charge is 0.314 e. The molecule has 5 heteroatoms. The van der Waals surface area contributed by atoms with E-state index < -0.39 is 0 Å². The van der Waals surface area contributed by atoms with Crippen LogP contribution in [0.5, 0.6) is 0 Å². The first-order valence-electron chi connectivity index (χ1n) is 5.10. The van der Waals surface area contributed by atoms with Gasteiger partial charge in [0.15, 0.2) is 0 Å². The van der Waals surface area contributed by atoms with Crippen molar-refractivity contribution in [2.24, 2.45) is 11.5 Å². The Kier molecular flexibility index (Phi) is 4.69. The molecule has 5 nitrogen and oxygen atoms in total. The highest BCUT2D eigenvalue weighted by atomic mass is 16.5. The number of carbonyl (C=O) groups excluding carboxylic acids is 1. The maximum absolute atomic E-state index is 11.0. The summed E-state index contributed by atoms with van der Waals surface area (Å²) in [4.78, 5) is 12.7. The molecule has 0 radical (unpaired) electrons. The second-order valence-electron chi connectivity index (χ2n) is 3.56. The Balaban J connectivity index is 2.30. The average molecular weight is 201 g/mol. The monoisotopic (exact) mass is 201 g/mol. The molecular weight excluding hydrogens is 182 g/mol. The maximum Gasteiger partial charge on any atom is 0.314 e. The van der Waals surface area contributed by atoms with Crippen molar-refractivity contribution in [1.29, 1.82) is 0 Å². The Morgan fingerprint density at radius 1 is 1.57 bits per heavy atom. The van der Waals surface area contributed by atoms with E-state index in [0.29, 0.717) is 19.6 Å². The Morgan fingerprint density at radius 3 is 2.86 bits per heavy atom. The van der Waals surface area contributed by atoms with E-state index in [1.807, 2.05) is 0 Å². The van der Waals surface area contributed by atoms with E-state index in [-0.39, 0.29) is 12.1 Å². The van der Waals surface area contributed by atoms with Crippen LogP contribution < -0.4 is 11.5 Å². The zero-order valence-corrected chi connectivity index (χ0v) is 8.45.